The summed E-state index contributed by atoms with van der Waals surface area (Å²) < 4.78 is 13.3. The molecule has 0 aliphatic carbocycles. The normalized spacial score (nSPS) is 11.9. The minimum absolute atomic E-state index is 0.0953. The summed E-state index contributed by atoms with van der Waals surface area (Å²) in [6, 6.07) is 8.02. The lowest BCUT2D eigenvalue weighted by Crippen LogP contribution is -2.31. The van der Waals surface area contributed by atoms with Gasteiger partial charge in [-0.2, -0.15) is 5.10 Å². The Hall–Kier alpha value is -3.33. The van der Waals surface area contributed by atoms with Gasteiger partial charge in [-0.25, -0.2) is 14.4 Å². The van der Waals surface area contributed by atoms with Crippen LogP contribution in [0.4, 0.5) is 10.3 Å². The van der Waals surface area contributed by atoms with E-state index >= 15 is 0 Å². The van der Waals surface area contributed by atoms with Crippen LogP contribution in [0, 0.1) is 5.82 Å². The third kappa shape index (κ3) is 3.78. The highest BCUT2D eigenvalue weighted by atomic mass is 19.1. The minimum Gasteiger partial charge on any atom is -0.394 e. The van der Waals surface area contributed by atoms with Crippen LogP contribution in [0.25, 0.3) is 11.4 Å². The third-order valence-corrected chi connectivity index (χ3v) is 3.50. The van der Waals surface area contributed by atoms with Crippen LogP contribution in [-0.2, 0) is 0 Å². The van der Waals surface area contributed by atoms with Gasteiger partial charge >= 0.3 is 0 Å². The molecule has 9 heteroatoms. The first kappa shape index (κ1) is 16.5. The largest absolute Gasteiger partial charge is 0.394 e. The van der Waals surface area contributed by atoms with Crippen molar-refractivity contribution in [2.24, 2.45) is 0 Å². The second-order valence-corrected chi connectivity index (χ2v) is 5.23. The highest BCUT2D eigenvalue weighted by Crippen LogP contribution is 2.17. The summed E-state index contributed by atoms with van der Waals surface area (Å²) in [5, 5.41) is 18.7. The molecule has 25 heavy (non-hydrogen) atoms. The highest BCUT2D eigenvalue weighted by Gasteiger charge is 2.18. The predicted molar refractivity (Wildman–Crippen MR) is 87.7 cm³/mol. The van der Waals surface area contributed by atoms with E-state index in [-0.39, 0.29) is 18.2 Å². The molecule has 128 valence electrons. The Bertz CT molecular complexity index is 898. The Morgan fingerprint density at radius 2 is 2.16 bits per heavy atom. The van der Waals surface area contributed by atoms with Gasteiger partial charge in [-0.1, -0.05) is 12.1 Å². The number of hydrogen-bond acceptors (Lipinski definition) is 6. The van der Waals surface area contributed by atoms with E-state index in [9.17, 15) is 14.3 Å². The number of rotatable bonds is 5. The fourth-order valence-corrected chi connectivity index (χ4v) is 2.28. The molecule has 1 aromatic carbocycles. The maximum absolute atomic E-state index is 13.3. The van der Waals surface area contributed by atoms with Crippen molar-refractivity contribution in [2.75, 3.05) is 12.3 Å². The summed E-state index contributed by atoms with van der Waals surface area (Å²) >= 11 is 0. The van der Waals surface area contributed by atoms with Crippen molar-refractivity contribution in [3.8, 4) is 11.4 Å². The van der Waals surface area contributed by atoms with Crippen LogP contribution >= 0.6 is 0 Å². The van der Waals surface area contributed by atoms with Gasteiger partial charge in [-0.05, 0) is 29.8 Å². The van der Waals surface area contributed by atoms with Gasteiger partial charge in [-0.15, -0.1) is 0 Å². The van der Waals surface area contributed by atoms with Crippen LogP contribution < -0.4 is 11.1 Å². The monoisotopic (exact) mass is 342 g/mol. The summed E-state index contributed by atoms with van der Waals surface area (Å²) in [7, 11) is 0. The lowest BCUT2D eigenvalue weighted by Gasteiger charge is -2.16. The van der Waals surface area contributed by atoms with Crippen molar-refractivity contribution in [2.45, 2.75) is 6.04 Å². The zero-order chi connectivity index (χ0) is 17.8. The number of carbonyl (C=O) groups is 1. The molecule has 0 saturated carbocycles. The molecule has 3 rings (SSSR count). The number of aliphatic hydroxyl groups is 1. The quantitative estimate of drug-likeness (QED) is 0.548. The minimum atomic E-state index is -0.746. The maximum atomic E-state index is 13.3. The van der Waals surface area contributed by atoms with Gasteiger partial charge in [-0.3, -0.25) is 9.89 Å². The summed E-state index contributed by atoms with van der Waals surface area (Å²) in [5.74, 6) is -0.850. The molecule has 8 nitrogen and oxygen atoms in total. The van der Waals surface area contributed by atoms with Crippen LogP contribution in [0.2, 0.25) is 0 Å². The SMILES string of the molecule is Nc1nccc(-c2cc(C(=O)N[C@H](CO)c3cccc(F)c3)[nH]n2)n1. The number of aliphatic hydroxyl groups excluding tert-OH is 1. The van der Waals surface area contributed by atoms with Crippen molar-refractivity contribution >= 4 is 11.9 Å². The van der Waals surface area contributed by atoms with Gasteiger partial charge in [0.1, 0.15) is 17.2 Å². The Balaban J connectivity index is 1.77. The molecule has 1 atom stereocenters. The molecule has 1 amide bonds. The van der Waals surface area contributed by atoms with Crippen LogP contribution in [0.5, 0.6) is 0 Å². The summed E-state index contributed by atoms with van der Waals surface area (Å²) in [6.45, 7) is -0.376. The van der Waals surface area contributed by atoms with E-state index in [0.29, 0.717) is 17.0 Å². The first-order chi connectivity index (χ1) is 12.1. The van der Waals surface area contributed by atoms with Crippen molar-refractivity contribution < 1.29 is 14.3 Å². The van der Waals surface area contributed by atoms with E-state index in [1.165, 1.54) is 30.5 Å². The summed E-state index contributed by atoms with van der Waals surface area (Å²) in [4.78, 5) is 20.1. The van der Waals surface area contributed by atoms with E-state index in [0.717, 1.165) is 0 Å². The lowest BCUT2D eigenvalue weighted by atomic mass is 10.1. The maximum Gasteiger partial charge on any atom is 0.269 e. The molecular weight excluding hydrogens is 327 g/mol. The Morgan fingerprint density at radius 3 is 2.88 bits per heavy atom. The second-order valence-electron chi connectivity index (χ2n) is 5.23. The zero-order valence-corrected chi connectivity index (χ0v) is 13.0. The molecular formula is C16H15FN6O2. The first-order valence-corrected chi connectivity index (χ1v) is 7.38. The molecule has 0 fully saturated rings. The van der Waals surface area contributed by atoms with E-state index in [2.05, 4.69) is 25.5 Å². The number of benzene rings is 1. The van der Waals surface area contributed by atoms with E-state index in [1.54, 1.807) is 12.1 Å². The number of nitrogens with one attached hydrogen (secondary N) is 2. The third-order valence-electron chi connectivity index (χ3n) is 3.50. The number of amides is 1. The van der Waals surface area contributed by atoms with E-state index in [1.807, 2.05) is 0 Å². The number of H-pyrrole nitrogens is 1. The Morgan fingerprint density at radius 1 is 1.32 bits per heavy atom. The summed E-state index contributed by atoms with van der Waals surface area (Å²) in [6.07, 6.45) is 1.48. The van der Waals surface area contributed by atoms with Crippen LogP contribution in [-0.4, -0.2) is 37.8 Å². The predicted octanol–water partition coefficient (Wildman–Crippen LogP) is 1.05. The zero-order valence-electron chi connectivity index (χ0n) is 13.0. The van der Waals surface area contributed by atoms with E-state index < -0.39 is 17.8 Å². The Kier molecular flexibility index (Phi) is 4.66. The van der Waals surface area contributed by atoms with Crippen LogP contribution in [0.3, 0.4) is 0 Å². The number of aromatic nitrogens is 4. The number of carbonyl (C=O) groups excluding carboxylic acids is 1. The van der Waals surface area contributed by atoms with Crippen molar-refractivity contribution in [3.05, 3.63) is 59.7 Å². The van der Waals surface area contributed by atoms with Gasteiger partial charge in [0.05, 0.1) is 18.3 Å². The smallest absolute Gasteiger partial charge is 0.269 e. The van der Waals surface area contributed by atoms with Gasteiger partial charge < -0.3 is 16.2 Å². The lowest BCUT2D eigenvalue weighted by molar-refractivity contribution is 0.0911. The van der Waals surface area contributed by atoms with Gasteiger partial charge in [0.2, 0.25) is 5.95 Å². The fourth-order valence-electron chi connectivity index (χ4n) is 2.28. The molecule has 3 aromatic rings. The van der Waals surface area contributed by atoms with Crippen molar-refractivity contribution in [1.29, 1.82) is 0 Å². The van der Waals surface area contributed by atoms with Crippen molar-refractivity contribution in [1.82, 2.24) is 25.5 Å². The number of nitrogens with zero attached hydrogens (tertiary/aromatic N) is 3. The van der Waals surface area contributed by atoms with Gasteiger partial charge in [0.25, 0.3) is 5.91 Å². The number of nitrogens with two attached hydrogens (primary N) is 1. The fraction of sp³-hybridized carbons (Fsp3) is 0.125. The molecule has 2 heterocycles. The number of aromatic amines is 1. The average Bonchev–Trinajstić information content (AvgIpc) is 3.10. The molecule has 2 aromatic heterocycles. The van der Waals surface area contributed by atoms with Gasteiger partial charge in [0, 0.05) is 6.20 Å². The molecule has 0 aliphatic rings. The first-order valence-electron chi connectivity index (χ1n) is 7.38. The molecule has 0 bridgehead atoms. The molecule has 0 unspecified atom stereocenters. The molecule has 0 spiro atoms. The highest BCUT2D eigenvalue weighted by molar-refractivity contribution is 5.93. The number of halogens is 1. The number of nitrogen functional groups attached to an aromatic ring is 1. The van der Waals surface area contributed by atoms with E-state index in [4.69, 9.17) is 5.73 Å². The number of anilines is 1. The molecule has 5 N–H and O–H groups in total. The average molecular weight is 342 g/mol. The molecule has 0 aliphatic heterocycles. The molecule has 0 saturated heterocycles. The molecule has 0 radical (unpaired) electrons. The van der Waals surface area contributed by atoms with Crippen LogP contribution in [0.15, 0.2) is 42.6 Å². The van der Waals surface area contributed by atoms with Gasteiger partial charge in [0.15, 0.2) is 0 Å². The standard InChI is InChI=1S/C16H15FN6O2/c17-10-3-1-2-9(6-10)14(8-24)20-15(25)13-7-12(22-23-13)11-4-5-19-16(18)21-11/h1-7,14,24H,8H2,(H,20,25)(H,22,23)(H2,18,19,21)/t14-/m1/s1. The summed E-state index contributed by atoms with van der Waals surface area (Å²) in [5.41, 5.74) is 7.04. The second kappa shape index (κ2) is 7.05. The Labute approximate surface area is 141 Å². The topological polar surface area (TPSA) is 130 Å². The number of hydrogen-bond donors (Lipinski definition) is 4. The van der Waals surface area contributed by atoms with Crippen LogP contribution in [0.1, 0.15) is 22.1 Å². The van der Waals surface area contributed by atoms with Crippen molar-refractivity contribution in [3.63, 3.8) is 0 Å².